The number of rotatable bonds is 3. The number of hydrogen-bond donors (Lipinski definition) is 1. The molecule has 2 unspecified atom stereocenters. The molecule has 0 aromatic rings. The molecular weight excluding hydrogens is 248 g/mol. The van der Waals surface area contributed by atoms with Gasteiger partial charge in [-0.05, 0) is 44.4 Å². The van der Waals surface area contributed by atoms with Gasteiger partial charge in [0.15, 0.2) is 0 Å². The lowest BCUT2D eigenvalue weighted by atomic mass is 9.91. The molecule has 106 valence electrons. The Labute approximate surface area is 117 Å². The van der Waals surface area contributed by atoms with E-state index < -0.39 is 0 Å². The second-order valence-corrected chi connectivity index (χ2v) is 5.96. The lowest BCUT2D eigenvalue weighted by Gasteiger charge is -2.35. The van der Waals surface area contributed by atoms with Crippen molar-refractivity contribution in [1.82, 2.24) is 4.90 Å². The van der Waals surface area contributed by atoms with Gasteiger partial charge in [-0.3, -0.25) is 4.79 Å². The average molecular weight is 275 g/mol. The van der Waals surface area contributed by atoms with E-state index in [0.717, 1.165) is 25.9 Å². The predicted octanol–water partition coefficient (Wildman–Crippen LogP) is 2.57. The Bertz CT molecular complexity index is 265. The van der Waals surface area contributed by atoms with Crippen molar-refractivity contribution in [3.63, 3.8) is 0 Å². The highest BCUT2D eigenvalue weighted by atomic mass is 35.5. The minimum absolute atomic E-state index is 0. The summed E-state index contributed by atoms with van der Waals surface area (Å²) in [5, 5.41) is 0. The number of amides is 1. The third kappa shape index (κ3) is 4.13. The highest BCUT2D eigenvalue weighted by Crippen LogP contribution is 2.29. The number of halogens is 1. The summed E-state index contributed by atoms with van der Waals surface area (Å²) in [4.78, 5) is 14.3. The van der Waals surface area contributed by atoms with E-state index >= 15 is 0 Å². The second kappa shape index (κ2) is 7.34. The summed E-state index contributed by atoms with van der Waals surface area (Å²) in [6, 6.07) is 0.220. The molecule has 0 radical (unpaired) electrons. The van der Waals surface area contributed by atoms with Gasteiger partial charge in [-0.25, -0.2) is 0 Å². The minimum Gasteiger partial charge on any atom is -0.342 e. The van der Waals surface area contributed by atoms with E-state index in [1.807, 2.05) is 0 Å². The van der Waals surface area contributed by atoms with Crippen molar-refractivity contribution in [1.29, 1.82) is 0 Å². The summed E-state index contributed by atoms with van der Waals surface area (Å²) >= 11 is 0. The zero-order chi connectivity index (χ0) is 12.3. The monoisotopic (exact) mass is 274 g/mol. The fraction of sp³-hybridized carbons (Fsp3) is 0.929. The smallest absolute Gasteiger partial charge is 0.222 e. The van der Waals surface area contributed by atoms with E-state index in [1.165, 1.54) is 32.1 Å². The molecule has 1 saturated carbocycles. The topological polar surface area (TPSA) is 46.3 Å². The zero-order valence-electron chi connectivity index (χ0n) is 11.4. The first-order valence-corrected chi connectivity index (χ1v) is 7.20. The summed E-state index contributed by atoms with van der Waals surface area (Å²) < 4.78 is 0. The van der Waals surface area contributed by atoms with E-state index in [4.69, 9.17) is 5.73 Å². The van der Waals surface area contributed by atoms with Crippen LogP contribution in [0.2, 0.25) is 0 Å². The highest BCUT2D eigenvalue weighted by molar-refractivity contribution is 5.85. The Kier molecular flexibility index (Phi) is 6.44. The summed E-state index contributed by atoms with van der Waals surface area (Å²) in [7, 11) is 0. The molecule has 1 aliphatic carbocycles. The van der Waals surface area contributed by atoms with Crippen LogP contribution in [0.3, 0.4) is 0 Å². The van der Waals surface area contributed by atoms with Crippen LogP contribution in [0.25, 0.3) is 0 Å². The molecule has 2 rings (SSSR count). The Hall–Kier alpha value is -0.280. The summed E-state index contributed by atoms with van der Waals surface area (Å²) in [6.45, 7) is 3.91. The van der Waals surface area contributed by atoms with Crippen LogP contribution >= 0.6 is 12.4 Å². The van der Waals surface area contributed by atoms with Crippen molar-refractivity contribution in [3.8, 4) is 0 Å². The molecule has 0 aromatic heterocycles. The van der Waals surface area contributed by atoms with Crippen LogP contribution in [-0.4, -0.2) is 29.9 Å². The molecule has 0 bridgehead atoms. The maximum absolute atomic E-state index is 12.2. The van der Waals surface area contributed by atoms with Crippen molar-refractivity contribution in [3.05, 3.63) is 0 Å². The van der Waals surface area contributed by atoms with E-state index in [0.29, 0.717) is 17.7 Å². The molecular formula is C14H27ClN2O. The van der Waals surface area contributed by atoms with Gasteiger partial charge in [0, 0.05) is 25.6 Å². The predicted molar refractivity (Wildman–Crippen MR) is 76.8 cm³/mol. The van der Waals surface area contributed by atoms with Crippen LogP contribution < -0.4 is 5.73 Å². The van der Waals surface area contributed by atoms with Crippen molar-refractivity contribution >= 4 is 18.3 Å². The molecule has 1 heterocycles. The standard InChI is InChI=1S/C14H26N2O.ClH/c1-11(15)13-7-4-8-16(10-13)14(17)9-12-5-2-3-6-12;/h11-13H,2-10,15H2,1H3;1H. The molecule has 0 spiro atoms. The van der Waals surface area contributed by atoms with Crippen molar-refractivity contribution in [2.45, 2.75) is 57.9 Å². The fourth-order valence-electron chi connectivity index (χ4n) is 3.26. The number of hydrogen-bond acceptors (Lipinski definition) is 2. The second-order valence-electron chi connectivity index (χ2n) is 5.96. The number of likely N-dealkylation sites (tertiary alicyclic amines) is 1. The van der Waals surface area contributed by atoms with Crippen LogP contribution in [0.5, 0.6) is 0 Å². The van der Waals surface area contributed by atoms with Crippen molar-refractivity contribution < 1.29 is 4.79 Å². The molecule has 3 nitrogen and oxygen atoms in total. The van der Waals surface area contributed by atoms with Gasteiger partial charge < -0.3 is 10.6 Å². The first-order chi connectivity index (χ1) is 8.16. The largest absolute Gasteiger partial charge is 0.342 e. The van der Waals surface area contributed by atoms with Gasteiger partial charge >= 0.3 is 0 Å². The third-order valence-electron chi connectivity index (χ3n) is 4.49. The molecule has 1 aliphatic heterocycles. The van der Waals surface area contributed by atoms with Gasteiger partial charge in [0.2, 0.25) is 5.91 Å². The van der Waals surface area contributed by atoms with E-state index in [-0.39, 0.29) is 18.4 Å². The van der Waals surface area contributed by atoms with E-state index in [9.17, 15) is 4.79 Å². The SMILES string of the molecule is CC(N)C1CCCN(C(=O)CC2CCCC2)C1.Cl. The fourth-order valence-corrected chi connectivity index (χ4v) is 3.26. The molecule has 1 saturated heterocycles. The molecule has 2 aliphatic rings. The maximum Gasteiger partial charge on any atom is 0.222 e. The molecule has 18 heavy (non-hydrogen) atoms. The lowest BCUT2D eigenvalue weighted by molar-refractivity contribution is -0.134. The summed E-state index contributed by atoms with van der Waals surface area (Å²) in [6.07, 6.45) is 8.26. The van der Waals surface area contributed by atoms with Gasteiger partial charge in [-0.15, -0.1) is 12.4 Å². The minimum atomic E-state index is 0. The van der Waals surface area contributed by atoms with Crippen LogP contribution in [-0.2, 0) is 4.79 Å². The Morgan fingerprint density at radius 3 is 2.56 bits per heavy atom. The number of nitrogens with two attached hydrogens (primary N) is 1. The van der Waals surface area contributed by atoms with Crippen molar-refractivity contribution in [2.75, 3.05) is 13.1 Å². The zero-order valence-corrected chi connectivity index (χ0v) is 12.3. The molecule has 4 heteroatoms. The van der Waals surface area contributed by atoms with Gasteiger partial charge in [-0.1, -0.05) is 12.8 Å². The number of piperidine rings is 1. The van der Waals surface area contributed by atoms with Gasteiger partial charge in [-0.2, -0.15) is 0 Å². The molecule has 1 amide bonds. The first-order valence-electron chi connectivity index (χ1n) is 7.20. The van der Waals surface area contributed by atoms with Crippen LogP contribution in [0.1, 0.15) is 51.9 Å². The third-order valence-corrected chi connectivity index (χ3v) is 4.49. The quantitative estimate of drug-likeness (QED) is 0.860. The van der Waals surface area contributed by atoms with E-state index in [1.54, 1.807) is 0 Å². The lowest BCUT2D eigenvalue weighted by Crippen LogP contribution is -2.45. The summed E-state index contributed by atoms with van der Waals surface area (Å²) in [5.41, 5.74) is 5.96. The first kappa shape index (κ1) is 15.8. The highest BCUT2D eigenvalue weighted by Gasteiger charge is 2.27. The van der Waals surface area contributed by atoms with Crippen LogP contribution in [0, 0.1) is 11.8 Å². The number of carbonyl (C=O) groups excluding carboxylic acids is 1. The molecule has 2 fully saturated rings. The van der Waals surface area contributed by atoms with Crippen molar-refractivity contribution in [2.24, 2.45) is 17.6 Å². The average Bonchev–Trinajstić information content (AvgIpc) is 2.82. The van der Waals surface area contributed by atoms with Gasteiger partial charge in [0.1, 0.15) is 0 Å². The number of carbonyl (C=O) groups is 1. The maximum atomic E-state index is 12.2. The number of nitrogens with zero attached hydrogens (tertiary/aromatic N) is 1. The van der Waals surface area contributed by atoms with Gasteiger partial charge in [0.25, 0.3) is 0 Å². The normalized spacial score (nSPS) is 26.8. The van der Waals surface area contributed by atoms with Crippen LogP contribution in [0.15, 0.2) is 0 Å². The molecule has 2 N–H and O–H groups in total. The van der Waals surface area contributed by atoms with E-state index in [2.05, 4.69) is 11.8 Å². The van der Waals surface area contributed by atoms with Crippen LogP contribution in [0.4, 0.5) is 0 Å². The molecule has 2 atom stereocenters. The van der Waals surface area contributed by atoms with Gasteiger partial charge in [0.05, 0.1) is 0 Å². The Balaban J connectivity index is 0.00000162. The summed E-state index contributed by atoms with van der Waals surface area (Å²) in [5.74, 6) is 1.55. The Morgan fingerprint density at radius 1 is 1.28 bits per heavy atom. The Morgan fingerprint density at radius 2 is 1.94 bits per heavy atom. The molecule has 0 aromatic carbocycles.